The van der Waals surface area contributed by atoms with Gasteiger partial charge in [0.2, 0.25) is 5.95 Å². The van der Waals surface area contributed by atoms with Crippen molar-refractivity contribution in [3.05, 3.63) is 27.7 Å². The van der Waals surface area contributed by atoms with Gasteiger partial charge in [0, 0.05) is 0 Å². The van der Waals surface area contributed by atoms with E-state index in [0.29, 0.717) is 0 Å². The third kappa shape index (κ3) is 2.92. The number of pyridine rings is 1. The van der Waals surface area contributed by atoms with Crippen LogP contribution >= 0.6 is 15.9 Å². The first kappa shape index (κ1) is 12.0. The van der Waals surface area contributed by atoms with Crippen LogP contribution in [-0.4, -0.2) is 16.1 Å². The minimum atomic E-state index is -3.08. The van der Waals surface area contributed by atoms with Crippen molar-refractivity contribution >= 4 is 21.9 Å². The molecule has 0 saturated heterocycles. The molecule has 0 fully saturated rings. The van der Waals surface area contributed by atoms with Gasteiger partial charge in [0.05, 0.1) is 12.0 Å². The van der Waals surface area contributed by atoms with Crippen LogP contribution in [0.5, 0.6) is 0 Å². The number of rotatable bonds is 3. The minimum Gasteiger partial charge on any atom is -0.481 e. The van der Waals surface area contributed by atoms with E-state index in [4.69, 9.17) is 5.11 Å². The molecule has 0 aliphatic carbocycles. The van der Waals surface area contributed by atoms with Gasteiger partial charge in [-0.2, -0.15) is 4.39 Å². The van der Waals surface area contributed by atoms with Crippen LogP contribution in [0, 0.1) is 5.95 Å². The van der Waals surface area contributed by atoms with E-state index in [0.717, 1.165) is 6.07 Å². The van der Waals surface area contributed by atoms with Crippen molar-refractivity contribution in [1.82, 2.24) is 4.98 Å². The first-order valence-corrected chi connectivity index (χ1v) is 4.56. The zero-order valence-electron chi connectivity index (χ0n) is 7.18. The predicted molar refractivity (Wildman–Crippen MR) is 48.2 cm³/mol. The predicted octanol–water partition coefficient (Wildman–Crippen LogP) is 2.55. The molecule has 0 unspecified atom stereocenters. The maximum Gasteiger partial charge on any atom is 0.307 e. The third-order valence-electron chi connectivity index (χ3n) is 1.63. The van der Waals surface area contributed by atoms with E-state index in [1.165, 1.54) is 0 Å². The second-order valence-corrected chi connectivity index (χ2v) is 3.49. The van der Waals surface area contributed by atoms with Crippen molar-refractivity contribution in [2.24, 2.45) is 0 Å². The average molecular weight is 284 g/mol. The lowest BCUT2D eigenvalue weighted by molar-refractivity contribution is -0.136. The van der Waals surface area contributed by atoms with Crippen LogP contribution in [0.2, 0.25) is 0 Å². The molecule has 15 heavy (non-hydrogen) atoms. The molecule has 0 atom stereocenters. The number of hydrogen-bond acceptors (Lipinski definition) is 2. The molecule has 1 aromatic heterocycles. The van der Waals surface area contributed by atoms with E-state index in [2.05, 4.69) is 20.9 Å². The largest absolute Gasteiger partial charge is 0.481 e. The number of aromatic nitrogens is 1. The van der Waals surface area contributed by atoms with E-state index < -0.39 is 30.3 Å². The first-order valence-electron chi connectivity index (χ1n) is 3.76. The lowest BCUT2D eigenvalue weighted by Gasteiger charge is -2.07. The Morgan fingerprint density at radius 3 is 2.67 bits per heavy atom. The minimum absolute atomic E-state index is 0.0133. The lowest BCUT2D eigenvalue weighted by atomic mass is 10.1. The molecule has 0 aliphatic rings. The van der Waals surface area contributed by atoms with Crippen LogP contribution in [0.25, 0.3) is 0 Å². The summed E-state index contributed by atoms with van der Waals surface area (Å²) in [5, 5.41) is 8.45. The molecule has 0 amide bonds. The van der Waals surface area contributed by atoms with Crippen LogP contribution in [0.1, 0.15) is 17.6 Å². The number of hydrogen-bond donors (Lipinski definition) is 1. The zero-order chi connectivity index (χ0) is 11.6. The van der Waals surface area contributed by atoms with Gasteiger partial charge < -0.3 is 5.11 Å². The maximum atomic E-state index is 13.0. The molecule has 1 rings (SSSR count). The number of halogens is 4. The molecule has 1 aromatic rings. The molecule has 0 bridgehead atoms. The van der Waals surface area contributed by atoms with E-state index in [-0.39, 0.29) is 10.2 Å². The van der Waals surface area contributed by atoms with Crippen LogP contribution in [-0.2, 0) is 11.2 Å². The van der Waals surface area contributed by atoms with Gasteiger partial charge >= 0.3 is 5.97 Å². The Labute approximate surface area is 91.1 Å². The van der Waals surface area contributed by atoms with Crippen LogP contribution < -0.4 is 0 Å². The monoisotopic (exact) mass is 283 g/mol. The molecule has 0 aliphatic heterocycles. The van der Waals surface area contributed by atoms with Gasteiger partial charge in [0.25, 0.3) is 6.43 Å². The average Bonchev–Trinajstić information content (AvgIpc) is 1.99. The van der Waals surface area contributed by atoms with E-state index >= 15 is 0 Å². The van der Waals surface area contributed by atoms with Gasteiger partial charge in [0.1, 0.15) is 4.60 Å². The third-order valence-corrected chi connectivity index (χ3v) is 2.03. The van der Waals surface area contributed by atoms with Gasteiger partial charge in [-0.1, -0.05) is 0 Å². The summed E-state index contributed by atoms with van der Waals surface area (Å²) in [6, 6.07) is 1.07. The summed E-state index contributed by atoms with van der Waals surface area (Å²) in [5.41, 5.74) is -1.24. The molecule has 0 spiro atoms. The lowest BCUT2D eigenvalue weighted by Crippen LogP contribution is -2.07. The topological polar surface area (TPSA) is 50.2 Å². The summed E-state index contributed by atoms with van der Waals surface area (Å²) in [6.45, 7) is 0. The molecule has 0 radical (unpaired) electrons. The molecule has 1 N–H and O–H groups in total. The number of alkyl halides is 2. The fraction of sp³-hybridized carbons (Fsp3) is 0.250. The Balaban J connectivity index is 3.26. The number of carbonyl (C=O) groups is 1. The van der Waals surface area contributed by atoms with Crippen LogP contribution in [0.3, 0.4) is 0 Å². The zero-order valence-corrected chi connectivity index (χ0v) is 8.76. The van der Waals surface area contributed by atoms with Gasteiger partial charge in [-0.15, -0.1) is 0 Å². The molecule has 3 nitrogen and oxygen atoms in total. The molecule has 0 saturated carbocycles. The number of nitrogens with zero attached hydrogens (tertiary/aromatic N) is 1. The maximum absolute atomic E-state index is 13.0. The van der Waals surface area contributed by atoms with Crippen molar-refractivity contribution < 1.29 is 23.1 Å². The van der Waals surface area contributed by atoms with Crippen LogP contribution in [0.4, 0.5) is 13.2 Å². The highest BCUT2D eigenvalue weighted by Gasteiger charge is 2.21. The van der Waals surface area contributed by atoms with Crippen molar-refractivity contribution in [3.63, 3.8) is 0 Å². The Kier molecular flexibility index (Phi) is 3.67. The quantitative estimate of drug-likeness (QED) is 0.868. The standard InChI is InChI=1S/C8H5BrF3NO2/c9-4-1-3(2-5(14)15)6(7(10)11)8(12)13-4/h1,7H,2H2,(H,14,15). The highest BCUT2D eigenvalue weighted by Crippen LogP contribution is 2.27. The number of carboxylic acid groups (broad SMARTS) is 1. The van der Waals surface area contributed by atoms with Crippen molar-refractivity contribution in [2.75, 3.05) is 0 Å². The summed E-state index contributed by atoms with van der Waals surface area (Å²) in [5.74, 6) is -2.66. The first-order chi connectivity index (χ1) is 6.91. The Hall–Kier alpha value is -1.11. The van der Waals surface area contributed by atoms with E-state index in [9.17, 15) is 18.0 Å². The fourth-order valence-electron chi connectivity index (χ4n) is 1.08. The summed E-state index contributed by atoms with van der Waals surface area (Å²) < 4.78 is 37.7. The summed E-state index contributed by atoms with van der Waals surface area (Å²) in [7, 11) is 0. The summed E-state index contributed by atoms with van der Waals surface area (Å²) in [4.78, 5) is 13.5. The second kappa shape index (κ2) is 4.61. The molecule has 0 aromatic carbocycles. The Morgan fingerprint density at radius 1 is 1.60 bits per heavy atom. The van der Waals surface area contributed by atoms with Gasteiger partial charge in [-0.25, -0.2) is 13.8 Å². The molecular formula is C8H5BrF3NO2. The second-order valence-electron chi connectivity index (χ2n) is 2.68. The Morgan fingerprint density at radius 2 is 2.20 bits per heavy atom. The normalized spacial score (nSPS) is 10.7. The van der Waals surface area contributed by atoms with Gasteiger partial charge in [0.15, 0.2) is 0 Å². The summed E-state index contributed by atoms with van der Waals surface area (Å²) in [6.07, 6.45) is -3.75. The molecule has 82 valence electrons. The summed E-state index contributed by atoms with van der Waals surface area (Å²) >= 11 is 2.80. The number of aliphatic carboxylic acids is 1. The fourth-order valence-corrected chi connectivity index (χ4v) is 1.51. The highest BCUT2D eigenvalue weighted by molar-refractivity contribution is 9.10. The smallest absolute Gasteiger partial charge is 0.307 e. The van der Waals surface area contributed by atoms with Crippen molar-refractivity contribution in [1.29, 1.82) is 0 Å². The molecule has 1 heterocycles. The van der Waals surface area contributed by atoms with Crippen molar-refractivity contribution in [3.8, 4) is 0 Å². The van der Waals surface area contributed by atoms with E-state index in [1.807, 2.05) is 0 Å². The molecule has 7 heteroatoms. The van der Waals surface area contributed by atoms with Crippen molar-refractivity contribution in [2.45, 2.75) is 12.8 Å². The Bertz CT molecular complexity index is 398. The highest BCUT2D eigenvalue weighted by atomic mass is 79.9. The van der Waals surface area contributed by atoms with Crippen LogP contribution in [0.15, 0.2) is 10.7 Å². The van der Waals surface area contributed by atoms with Gasteiger partial charge in [-0.3, -0.25) is 4.79 Å². The van der Waals surface area contributed by atoms with E-state index in [1.54, 1.807) is 0 Å². The number of carboxylic acids is 1. The van der Waals surface area contributed by atoms with Gasteiger partial charge in [-0.05, 0) is 27.6 Å². The molecular weight excluding hydrogens is 279 g/mol. The SMILES string of the molecule is O=C(O)Cc1cc(Br)nc(F)c1C(F)F.